The molecule has 15 heavy (non-hydrogen) atoms. The van der Waals surface area contributed by atoms with Gasteiger partial charge in [0, 0.05) is 5.41 Å². The Morgan fingerprint density at radius 2 is 1.93 bits per heavy atom. The fraction of sp³-hybridized carbons (Fsp3) is 0.333. The zero-order valence-corrected chi connectivity index (χ0v) is 10.1. The fourth-order valence-corrected chi connectivity index (χ4v) is 1.55. The molecular weight excluding hydrogens is 180 g/mol. The Kier molecular flexibility index (Phi) is 3.90. The molecule has 0 aromatic heterocycles. The lowest BCUT2D eigenvalue weighted by Gasteiger charge is -2.12. The van der Waals surface area contributed by atoms with Crippen LogP contribution in [0.2, 0.25) is 0 Å². The van der Waals surface area contributed by atoms with Gasteiger partial charge in [-0.25, -0.2) is 0 Å². The molecule has 0 radical (unpaired) electrons. The van der Waals surface area contributed by atoms with Crippen LogP contribution in [0.5, 0.6) is 0 Å². The van der Waals surface area contributed by atoms with Gasteiger partial charge in [-0.3, -0.25) is 0 Å². The monoisotopic (exact) mass is 200 g/mol. The molecule has 0 bridgehead atoms. The molecule has 0 atom stereocenters. The third kappa shape index (κ3) is 3.39. The summed E-state index contributed by atoms with van der Waals surface area (Å²) in [7, 11) is 0. The van der Waals surface area contributed by atoms with E-state index >= 15 is 0 Å². The Bertz CT molecular complexity index is 357. The summed E-state index contributed by atoms with van der Waals surface area (Å²) in [6, 6.07) is 0. The van der Waals surface area contributed by atoms with Gasteiger partial charge in [-0.15, -0.1) is 0 Å². The lowest BCUT2D eigenvalue weighted by Crippen LogP contribution is -2.00. The highest BCUT2D eigenvalue weighted by atomic mass is 14.2. The van der Waals surface area contributed by atoms with Crippen LogP contribution in [-0.2, 0) is 0 Å². The van der Waals surface area contributed by atoms with Crippen molar-refractivity contribution in [2.24, 2.45) is 5.41 Å². The molecule has 0 aromatic carbocycles. The molecule has 0 heterocycles. The highest BCUT2D eigenvalue weighted by Crippen LogP contribution is 2.25. The second-order valence-electron chi connectivity index (χ2n) is 4.38. The molecule has 0 heteroatoms. The quantitative estimate of drug-likeness (QED) is 0.572. The molecule has 0 nitrogen and oxygen atoms in total. The molecule has 0 aromatic rings. The zero-order chi connectivity index (χ0) is 11.3. The van der Waals surface area contributed by atoms with Crippen LogP contribution in [0.25, 0.3) is 0 Å². The molecule has 0 spiro atoms. The molecule has 0 saturated heterocycles. The molecule has 1 aliphatic carbocycles. The molecule has 1 aliphatic rings. The molecular formula is C15H20. The second-order valence-corrected chi connectivity index (χ2v) is 4.38. The van der Waals surface area contributed by atoms with Gasteiger partial charge in [0.25, 0.3) is 0 Å². The highest BCUT2D eigenvalue weighted by molar-refractivity contribution is 5.49. The normalized spacial score (nSPS) is 20.5. The van der Waals surface area contributed by atoms with Gasteiger partial charge >= 0.3 is 0 Å². The minimum absolute atomic E-state index is 0.160. The number of rotatable bonds is 2. The third-order valence-corrected chi connectivity index (χ3v) is 2.48. The van der Waals surface area contributed by atoms with Crippen molar-refractivity contribution in [3.8, 4) is 0 Å². The minimum atomic E-state index is 0.160. The Morgan fingerprint density at radius 3 is 2.53 bits per heavy atom. The second kappa shape index (κ2) is 4.97. The van der Waals surface area contributed by atoms with Crippen molar-refractivity contribution in [2.75, 3.05) is 0 Å². The van der Waals surface area contributed by atoms with E-state index in [1.165, 1.54) is 11.1 Å². The summed E-state index contributed by atoms with van der Waals surface area (Å²) in [5.74, 6) is 0. The van der Waals surface area contributed by atoms with Gasteiger partial charge in [-0.05, 0) is 25.0 Å². The van der Waals surface area contributed by atoms with Crippen LogP contribution < -0.4 is 0 Å². The molecule has 0 saturated carbocycles. The van der Waals surface area contributed by atoms with Gasteiger partial charge in [0.2, 0.25) is 0 Å². The molecule has 0 amide bonds. The molecule has 0 N–H and O–H groups in total. The van der Waals surface area contributed by atoms with Crippen LogP contribution in [0.4, 0.5) is 0 Å². The summed E-state index contributed by atoms with van der Waals surface area (Å²) in [6.07, 6.45) is 17.3. The maximum atomic E-state index is 2.25. The maximum Gasteiger partial charge on any atom is 0.00109 e. The van der Waals surface area contributed by atoms with Crippen molar-refractivity contribution in [2.45, 2.75) is 27.7 Å². The Labute approximate surface area is 93.4 Å². The first kappa shape index (κ1) is 11.8. The largest absolute Gasteiger partial charge is 0.0871 e. The van der Waals surface area contributed by atoms with E-state index < -0.39 is 0 Å². The number of allylic oxidation sites excluding steroid dienone is 10. The minimum Gasteiger partial charge on any atom is -0.0871 e. The van der Waals surface area contributed by atoms with Crippen molar-refractivity contribution >= 4 is 0 Å². The Morgan fingerprint density at radius 1 is 1.20 bits per heavy atom. The summed E-state index contributed by atoms with van der Waals surface area (Å²) in [5, 5.41) is 0. The van der Waals surface area contributed by atoms with Crippen molar-refractivity contribution in [1.82, 2.24) is 0 Å². The van der Waals surface area contributed by atoms with Crippen molar-refractivity contribution in [1.29, 1.82) is 0 Å². The molecule has 0 aliphatic heterocycles. The van der Waals surface area contributed by atoms with Crippen LogP contribution in [0.3, 0.4) is 0 Å². The fourth-order valence-electron chi connectivity index (χ4n) is 1.55. The van der Waals surface area contributed by atoms with Gasteiger partial charge < -0.3 is 0 Å². The molecule has 80 valence electrons. The van der Waals surface area contributed by atoms with Crippen LogP contribution in [-0.4, -0.2) is 0 Å². The van der Waals surface area contributed by atoms with E-state index in [4.69, 9.17) is 0 Å². The van der Waals surface area contributed by atoms with E-state index in [1.54, 1.807) is 0 Å². The van der Waals surface area contributed by atoms with Gasteiger partial charge in [0.15, 0.2) is 0 Å². The standard InChI is InChI=1S/C15H20/c1-5-8-13(6-2)14-9-7-11-15(3,4)12-10-14/h5-12H,1-4H3/b8-5-,13-6+. The predicted molar refractivity (Wildman–Crippen MR) is 68.7 cm³/mol. The number of hydrogen-bond acceptors (Lipinski definition) is 0. The first-order valence-electron chi connectivity index (χ1n) is 5.47. The van der Waals surface area contributed by atoms with Gasteiger partial charge in [0.05, 0.1) is 0 Å². The van der Waals surface area contributed by atoms with Crippen molar-refractivity contribution < 1.29 is 0 Å². The van der Waals surface area contributed by atoms with E-state index in [0.29, 0.717) is 0 Å². The van der Waals surface area contributed by atoms with E-state index in [1.807, 2.05) is 6.92 Å². The summed E-state index contributed by atoms with van der Waals surface area (Å²) >= 11 is 0. The van der Waals surface area contributed by atoms with Crippen LogP contribution in [0.15, 0.2) is 59.8 Å². The van der Waals surface area contributed by atoms with E-state index in [-0.39, 0.29) is 5.41 Å². The summed E-state index contributed by atoms with van der Waals surface area (Å²) in [5.41, 5.74) is 2.71. The van der Waals surface area contributed by atoms with Crippen molar-refractivity contribution in [3.63, 3.8) is 0 Å². The average molecular weight is 200 g/mol. The Balaban J connectivity index is 3.00. The van der Waals surface area contributed by atoms with Crippen molar-refractivity contribution in [3.05, 3.63) is 59.8 Å². The van der Waals surface area contributed by atoms with E-state index in [0.717, 1.165) is 0 Å². The van der Waals surface area contributed by atoms with Crippen LogP contribution in [0.1, 0.15) is 27.7 Å². The lowest BCUT2D eigenvalue weighted by atomic mass is 9.93. The Hall–Kier alpha value is -1.30. The highest BCUT2D eigenvalue weighted by Gasteiger charge is 2.10. The molecule has 0 unspecified atom stereocenters. The van der Waals surface area contributed by atoms with Crippen LogP contribution >= 0.6 is 0 Å². The van der Waals surface area contributed by atoms with E-state index in [9.17, 15) is 0 Å². The van der Waals surface area contributed by atoms with Gasteiger partial charge in [-0.1, -0.05) is 62.5 Å². The SMILES string of the molecule is C/C=C\C(=C/C)C1=CC=CC(C)(C)C=C1. The first-order chi connectivity index (χ1) is 7.09. The summed E-state index contributed by atoms with van der Waals surface area (Å²) in [6.45, 7) is 8.54. The third-order valence-electron chi connectivity index (χ3n) is 2.48. The van der Waals surface area contributed by atoms with Gasteiger partial charge in [0.1, 0.15) is 0 Å². The smallest absolute Gasteiger partial charge is 0.00109 e. The van der Waals surface area contributed by atoms with Gasteiger partial charge in [-0.2, -0.15) is 0 Å². The number of hydrogen-bond donors (Lipinski definition) is 0. The molecule has 0 fully saturated rings. The maximum absolute atomic E-state index is 2.25. The summed E-state index contributed by atoms with van der Waals surface area (Å²) in [4.78, 5) is 0. The predicted octanol–water partition coefficient (Wildman–Crippen LogP) is 4.59. The topological polar surface area (TPSA) is 0 Å². The average Bonchev–Trinajstić information content (AvgIpc) is 2.36. The summed E-state index contributed by atoms with van der Waals surface area (Å²) < 4.78 is 0. The first-order valence-corrected chi connectivity index (χ1v) is 5.47. The lowest BCUT2D eigenvalue weighted by molar-refractivity contribution is 0.627. The van der Waals surface area contributed by atoms with E-state index in [2.05, 4.69) is 69.4 Å². The molecule has 1 rings (SSSR count). The van der Waals surface area contributed by atoms with Crippen LogP contribution in [0, 0.1) is 5.41 Å². The zero-order valence-electron chi connectivity index (χ0n) is 10.1.